The van der Waals surface area contributed by atoms with E-state index in [2.05, 4.69) is 10.3 Å². The summed E-state index contributed by atoms with van der Waals surface area (Å²) in [6, 6.07) is 17.1. The Balaban J connectivity index is 1.43. The van der Waals surface area contributed by atoms with Gasteiger partial charge in [-0.2, -0.15) is 0 Å². The van der Waals surface area contributed by atoms with E-state index in [9.17, 15) is 14.4 Å². The molecule has 0 unspecified atom stereocenters. The van der Waals surface area contributed by atoms with Crippen molar-refractivity contribution in [3.8, 4) is 17.2 Å². The van der Waals surface area contributed by atoms with Crippen LogP contribution in [0.2, 0.25) is 0 Å². The average molecular weight is 461 g/mol. The van der Waals surface area contributed by atoms with Crippen LogP contribution < -0.4 is 24.4 Å². The molecule has 4 rings (SSSR count). The number of amides is 2. The van der Waals surface area contributed by atoms with E-state index in [4.69, 9.17) is 14.2 Å². The van der Waals surface area contributed by atoms with E-state index in [1.807, 2.05) is 6.07 Å². The maximum absolute atomic E-state index is 12.7. The molecule has 0 saturated heterocycles. The fourth-order valence-electron chi connectivity index (χ4n) is 3.36. The van der Waals surface area contributed by atoms with Gasteiger partial charge in [0.15, 0.2) is 19.0 Å². The van der Waals surface area contributed by atoms with Gasteiger partial charge in [-0.25, -0.2) is 0 Å². The van der Waals surface area contributed by atoms with Gasteiger partial charge in [0.2, 0.25) is 5.91 Å². The summed E-state index contributed by atoms with van der Waals surface area (Å²) in [4.78, 5) is 43.2. The first-order valence-electron chi connectivity index (χ1n) is 10.6. The number of anilines is 1. The van der Waals surface area contributed by atoms with Crippen molar-refractivity contribution in [1.29, 1.82) is 0 Å². The predicted octanol–water partition coefficient (Wildman–Crippen LogP) is 2.39. The zero-order chi connectivity index (χ0) is 23.9. The first kappa shape index (κ1) is 22.8. The number of Topliss-reactive ketones (excluding diaryl/α,β-unsaturated/α-hetero) is 1. The van der Waals surface area contributed by atoms with Crippen LogP contribution in [0.15, 0.2) is 66.9 Å². The number of carbonyl (C=O) groups excluding carboxylic acids is 3. The summed E-state index contributed by atoms with van der Waals surface area (Å²) in [5.41, 5.74) is 1.39. The minimum absolute atomic E-state index is 0.188. The lowest BCUT2D eigenvalue weighted by atomic mass is 10.1. The normalized spacial score (nSPS) is 12.4. The standard InChI is InChI=1S/C25H23N3O6/c1-32-19-6-4-7-20(12-19)33-15-22(29)17-8-9-23-21(11-17)28(25(31)16-34-23)14-24(30)27-13-18-5-2-3-10-26-18/h2-12H,13-16H2,1H3,(H,27,30). The highest BCUT2D eigenvalue weighted by molar-refractivity contribution is 6.04. The summed E-state index contributed by atoms with van der Waals surface area (Å²) in [7, 11) is 1.55. The smallest absolute Gasteiger partial charge is 0.265 e. The molecule has 1 aromatic heterocycles. The van der Waals surface area contributed by atoms with Gasteiger partial charge in [0.1, 0.15) is 23.8 Å². The molecule has 0 fully saturated rings. The van der Waals surface area contributed by atoms with Gasteiger partial charge in [0, 0.05) is 17.8 Å². The number of benzene rings is 2. The maximum atomic E-state index is 12.7. The molecule has 0 aliphatic carbocycles. The van der Waals surface area contributed by atoms with E-state index in [1.54, 1.807) is 61.8 Å². The first-order chi connectivity index (χ1) is 16.5. The predicted molar refractivity (Wildman–Crippen MR) is 123 cm³/mol. The van der Waals surface area contributed by atoms with Gasteiger partial charge in [-0.1, -0.05) is 12.1 Å². The monoisotopic (exact) mass is 461 g/mol. The molecule has 1 aliphatic rings. The van der Waals surface area contributed by atoms with Crippen LogP contribution in [0, 0.1) is 0 Å². The second kappa shape index (κ2) is 10.5. The third-order valence-corrected chi connectivity index (χ3v) is 5.13. The Labute approximate surface area is 196 Å². The maximum Gasteiger partial charge on any atom is 0.265 e. The van der Waals surface area contributed by atoms with E-state index >= 15 is 0 Å². The van der Waals surface area contributed by atoms with Gasteiger partial charge in [-0.3, -0.25) is 24.3 Å². The van der Waals surface area contributed by atoms with Crippen LogP contribution in [-0.4, -0.2) is 49.4 Å². The number of methoxy groups -OCH3 is 1. The number of hydrogen-bond donors (Lipinski definition) is 1. The molecule has 1 aliphatic heterocycles. The number of aromatic nitrogens is 1. The fourth-order valence-corrected chi connectivity index (χ4v) is 3.36. The molecule has 9 nitrogen and oxygen atoms in total. The van der Waals surface area contributed by atoms with Crippen LogP contribution in [0.5, 0.6) is 17.2 Å². The molecular formula is C25H23N3O6. The second-order valence-electron chi connectivity index (χ2n) is 7.44. The Morgan fingerprint density at radius 3 is 2.74 bits per heavy atom. The van der Waals surface area contributed by atoms with E-state index in [1.165, 1.54) is 11.0 Å². The third-order valence-electron chi connectivity index (χ3n) is 5.13. The SMILES string of the molecule is COc1cccc(OCC(=O)c2ccc3c(c2)N(CC(=O)NCc2ccccn2)C(=O)CO3)c1. The fraction of sp³-hybridized carbons (Fsp3) is 0.200. The number of ether oxygens (including phenoxy) is 3. The van der Waals surface area contributed by atoms with Crippen LogP contribution in [-0.2, 0) is 16.1 Å². The number of nitrogens with one attached hydrogen (secondary N) is 1. The molecule has 0 saturated carbocycles. The quantitative estimate of drug-likeness (QED) is 0.488. The van der Waals surface area contributed by atoms with Crippen LogP contribution in [0.1, 0.15) is 16.1 Å². The Morgan fingerprint density at radius 1 is 1.09 bits per heavy atom. The molecule has 9 heteroatoms. The van der Waals surface area contributed by atoms with Crippen molar-refractivity contribution in [2.75, 3.05) is 31.8 Å². The summed E-state index contributed by atoms with van der Waals surface area (Å²) < 4.78 is 16.2. The highest BCUT2D eigenvalue weighted by Crippen LogP contribution is 2.33. The minimum atomic E-state index is -0.377. The van der Waals surface area contributed by atoms with Gasteiger partial charge in [-0.15, -0.1) is 0 Å². The van der Waals surface area contributed by atoms with E-state index in [-0.39, 0.29) is 43.9 Å². The topological polar surface area (TPSA) is 107 Å². The van der Waals surface area contributed by atoms with Crippen molar-refractivity contribution in [3.63, 3.8) is 0 Å². The van der Waals surface area contributed by atoms with Crippen molar-refractivity contribution in [3.05, 3.63) is 78.1 Å². The molecule has 1 N–H and O–H groups in total. The molecular weight excluding hydrogens is 438 g/mol. The van der Waals surface area contributed by atoms with Crippen molar-refractivity contribution < 1.29 is 28.6 Å². The zero-order valence-electron chi connectivity index (χ0n) is 18.5. The highest BCUT2D eigenvalue weighted by Gasteiger charge is 2.28. The number of carbonyl (C=O) groups is 3. The lowest BCUT2D eigenvalue weighted by molar-refractivity contribution is -0.125. The summed E-state index contributed by atoms with van der Waals surface area (Å²) in [6.45, 7) is -0.358. The average Bonchev–Trinajstić information content (AvgIpc) is 2.88. The molecule has 0 radical (unpaired) electrons. The van der Waals surface area contributed by atoms with Gasteiger partial charge < -0.3 is 19.5 Å². The van der Waals surface area contributed by atoms with Crippen molar-refractivity contribution in [1.82, 2.24) is 10.3 Å². The molecule has 2 amide bonds. The number of fused-ring (bicyclic) bond motifs is 1. The van der Waals surface area contributed by atoms with Crippen LogP contribution in [0.3, 0.4) is 0 Å². The number of ketones is 1. The molecule has 2 heterocycles. The molecule has 174 valence electrons. The molecule has 3 aromatic rings. The largest absolute Gasteiger partial charge is 0.497 e. The number of hydrogen-bond acceptors (Lipinski definition) is 7. The summed E-state index contributed by atoms with van der Waals surface area (Å²) in [5, 5.41) is 2.75. The van der Waals surface area contributed by atoms with E-state index < -0.39 is 0 Å². The van der Waals surface area contributed by atoms with Crippen LogP contribution in [0.25, 0.3) is 0 Å². The van der Waals surface area contributed by atoms with Gasteiger partial charge in [0.05, 0.1) is 25.0 Å². The summed E-state index contributed by atoms with van der Waals surface area (Å²) >= 11 is 0. The summed E-state index contributed by atoms with van der Waals surface area (Å²) in [5.74, 6) is 0.509. The van der Waals surface area contributed by atoms with Crippen LogP contribution >= 0.6 is 0 Å². The van der Waals surface area contributed by atoms with Crippen molar-refractivity contribution in [2.24, 2.45) is 0 Å². The Bertz CT molecular complexity index is 1200. The first-order valence-corrected chi connectivity index (χ1v) is 10.6. The summed E-state index contributed by atoms with van der Waals surface area (Å²) in [6.07, 6.45) is 1.64. The number of nitrogens with zero attached hydrogens (tertiary/aromatic N) is 2. The molecule has 0 bridgehead atoms. The van der Waals surface area contributed by atoms with Gasteiger partial charge in [-0.05, 0) is 42.5 Å². The van der Waals surface area contributed by atoms with E-state index in [0.717, 1.165) is 0 Å². The second-order valence-corrected chi connectivity index (χ2v) is 7.44. The lowest BCUT2D eigenvalue weighted by Gasteiger charge is -2.29. The Hall–Kier alpha value is -4.40. The molecule has 0 spiro atoms. The molecule has 0 atom stereocenters. The minimum Gasteiger partial charge on any atom is -0.497 e. The van der Waals surface area contributed by atoms with Gasteiger partial charge in [0.25, 0.3) is 5.91 Å². The van der Waals surface area contributed by atoms with Crippen molar-refractivity contribution in [2.45, 2.75) is 6.54 Å². The van der Waals surface area contributed by atoms with Crippen molar-refractivity contribution >= 4 is 23.3 Å². The molecule has 34 heavy (non-hydrogen) atoms. The zero-order valence-corrected chi connectivity index (χ0v) is 18.5. The number of rotatable bonds is 9. The van der Waals surface area contributed by atoms with Gasteiger partial charge >= 0.3 is 0 Å². The molecule has 2 aromatic carbocycles. The Morgan fingerprint density at radius 2 is 1.94 bits per heavy atom. The van der Waals surface area contributed by atoms with E-state index in [0.29, 0.717) is 34.2 Å². The third kappa shape index (κ3) is 5.50. The number of pyridine rings is 1. The van der Waals surface area contributed by atoms with Crippen LogP contribution in [0.4, 0.5) is 5.69 Å². The highest BCUT2D eigenvalue weighted by atomic mass is 16.5. The lowest BCUT2D eigenvalue weighted by Crippen LogP contribution is -2.45. The Kier molecular flexibility index (Phi) is 7.02.